The fourth-order valence-electron chi connectivity index (χ4n) is 1.78. The van der Waals surface area contributed by atoms with Gasteiger partial charge in [-0.2, -0.15) is 0 Å². The van der Waals surface area contributed by atoms with Gasteiger partial charge in [0, 0.05) is 23.7 Å². The fraction of sp³-hybridized carbons (Fsp3) is 0.286. The maximum atomic E-state index is 5.91. The van der Waals surface area contributed by atoms with Crippen LogP contribution >= 0.6 is 22.9 Å². The Morgan fingerprint density at radius 2 is 2.06 bits per heavy atom. The van der Waals surface area contributed by atoms with Gasteiger partial charge in [0.2, 0.25) is 0 Å². The van der Waals surface area contributed by atoms with Crippen LogP contribution in [0.2, 0.25) is 4.34 Å². The first-order chi connectivity index (χ1) is 8.63. The van der Waals surface area contributed by atoms with E-state index in [1.54, 1.807) is 11.3 Å². The number of nitrogens with one attached hydrogen (secondary N) is 1. The van der Waals surface area contributed by atoms with E-state index in [1.807, 2.05) is 6.07 Å². The summed E-state index contributed by atoms with van der Waals surface area (Å²) in [5, 5.41) is 3.42. The van der Waals surface area contributed by atoms with E-state index >= 15 is 0 Å². The summed E-state index contributed by atoms with van der Waals surface area (Å²) in [5.74, 6) is 0. The Bertz CT molecular complexity index is 508. The third-order valence-corrected chi connectivity index (χ3v) is 3.75. The van der Waals surface area contributed by atoms with Crippen LogP contribution < -0.4 is 5.32 Å². The Morgan fingerprint density at radius 1 is 1.22 bits per heavy atom. The second-order valence-electron chi connectivity index (χ2n) is 4.50. The first-order valence-corrected chi connectivity index (χ1v) is 7.05. The van der Waals surface area contributed by atoms with Gasteiger partial charge >= 0.3 is 0 Å². The summed E-state index contributed by atoms with van der Waals surface area (Å²) in [4.78, 5) is 3.41. The molecule has 0 bridgehead atoms. The summed E-state index contributed by atoms with van der Waals surface area (Å²) in [6, 6.07) is 12.5. The molecule has 0 atom stereocenters. The number of hydrogen-bond acceptors (Lipinski definition) is 3. The molecule has 2 nitrogen and oxygen atoms in total. The van der Waals surface area contributed by atoms with Crippen molar-refractivity contribution in [3.8, 4) is 0 Å². The molecule has 0 unspecified atom stereocenters. The highest BCUT2D eigenvalue weighted by molar-refractivity contribution is 7.16. The van der Waals surface area contributed by atoms with Gasteiger partial charge in [-0.1, -0.05) is 23.7 Å². The lowest BCUT2D eigenvalue weighted by Gasteiger charge is -2.11. The molecule has 2 rings (SSSR count). The minimum absolute atomic E-state index is 0.822. The van der Waals surface area contributed by atoms with E-state index in [0.29, 0.717) is 0 Å². The molecule has 96 valence electrons. The lowest BCUT2D eigenvalue weighted by molar-refractivity contribution is 0.402. The molecule has 1 N–H and O–H groups in total. The van der Waals surface area contributed by atoms with Gasteiger partial charge in [-0.25, -0.2) is 0 Å². The monoisotopic (exact) mass is 280 g/mol. The maximum absolute atomic E-state index is 5.91. The van der Waals surface area contributed by atoms with E-state index < -0.39 is 0 Å². The summed E-state index contributed by atoms with van der Waals surface area (Å²) in [6.45, 7) is 1.78. The predicted octanol–water partition coefficient (Wildman–Crippen LogP) is 4.08. The molecular formula is C14H17ClN2S. The topological polar surface area (TPSA) is 15.3 Å². The van der Waals surface area contributed by atoms with Crippen molar-refractivity contribution in [3.63, 3.8) is 0 Å². The van der Waals surface area contributed by atoms with Crippen LogP contribution in [-0.4, -0.2) is 19.0 Å². The Morgan fingerprint density at radius 3 is 2.72 bits per heavy atom. The van der Waals surface area contributed by atoms with Crippen LogP contribution in [0, 0.1) is 0 Å². The normalized spacial score (nSPS) is 10.9. The van der Waals surface area contributed by atoms with Gasteiger partial charge in [-0.3, -0.25) is 0 Å². The van der Waals surface area contributed by atoms with Crippen molar-refractivity contribution in [1.29, 1.82) is 0 Å². The Hall–Kier alpha value is -1.03. The molecule has 0 amide bonds. The minimum Gasteiger partial charge on any atom is -0.380 e. The second-order valence-corrected chi connectivity index (χ2v) is 6.30. The SMILES string of the molecule is CN(C)Cc1cccc(NCc2ccc(Cl)s2)c1. The van der Waals surface area contributed by atoms with Crippen molar-refractivity contribution in [2.24, 2.45) is 0 Å². The number of anilines is 1. The summed E-state index contributed by atoms with van der Waals surface area (Å²) in [5.41, 5.74) is 2.47. The Kier molecular flexibility index (Phi) is 4.64. The summed E-state index contributed by atoms with van der Waals surface area (Å²) >= 11 is 7.53. The highest BCUT2D eigenvalue weighted by Gasteiger charge is 2.00. The molecule has 0 aliphatic carbocycles. The molecule has 18 heavy (non-hydrogen) atoms. The minimum atomic E-state index is 0.822. The van der Waals surface area contributed by atoms with E-state index in [4.69, 9.17) is 11.6 Å². The van der Waals surface area contributed by atoms with E-state index in [0.717, 1.165) is 23.1 Å². The van der Waals surface area contributed by atoms with Crippen molar-refractivity contribution < 1.29 is 0 Å². The largest absolute Gasteiger partial charge is 0.380 e. The molecule has 4 heteroatoms. The number of nitrogens with zero attached hydrogens (tertiary/aromatic N) is 1. The lowest BCUT2D eigenvalue weighted by atomic mass is 10.2. The smallest absolute Gasteiger partial charge is 0.0931 e. The quantitative estimate of drug-likeness (QED) is 0.888. The van der Waals surface area contributed by atoms with Gasteiger partial charge in [-0.05, 0) is 43.9 Å². The average molecular weight is 281 g/mol. The fourth-order valence-corrected chi connectivity index (χ4v) is 2.81. The lowest BCUT2D eigenvalue weighted by Crippen LogP contribution is -2.10. The molecule has 2 aromatic rings. The third-order valence-electron chi connectivity index (χ3n) is 2.52. The molecule has 0 aliphatic heterocycles. The van der Waals surface area contributed by atoms with Crippen LogP contribution in [0.4, 0.5) is 5.69 Å². The van der Waals surface area contributed by atoms with Crippen LogP contribution in [0.25, 0.3) is 0 Å². The summed E-state index contributed by atoms with van der Waals surface area (Å²) in [6.07, 6.45) is 0. The zero-order chi connectivity index (χ0) is 13.0. The van der Waals surface area contributed by atoms with Gasteiger partial charge in [0.1, 0.15) is 0 Å². The van der Waals surface area contributed by atoms with Gasteiger partial charge in [0.25, 0.3) is 0 Å². The molecule has 1 heterocycles. The first kappa shape index (κ1) is 13.4. The first-order valence-electron chi connectivity index (χ1n) is 5.85. The zero-order valence-electron chi connectivity index (χ0n) is 10.6. The maximum Gasteiger partial charge on any atom is 0.0931 e. The van der Waals surface area contributed by atoms with Crippen molar-refractivity contribution in [1.82, 2.24) is 4.90 Å². The molecular weight excluding hydrogens is 264 g/mol. The molecule has 0 saturated carbocycles. The molecule has 0 saturated heterocycles. The van der Waals surface area contributed by atoms with E-state index in [2.05, 4.69) is 54.6 Å². The summed E-state index contributed by atoms with van der Waals surface area (Å²) in [7, 11) is 4.15. The van der Waals surface area contributed by atoms with Crippen LogP contribution in [0.5, 0.6) is 0 Å². The van der Waals surface area contributed by atoms with Gasteiger partial charge in [0.15, 0.2) is 0 Å². The number of halogens is 1. The molecule has 0 aliphatic rings. The molecule has 1 aromatic carbocycles. The highest BCUT2D eigenvalue weighted by atomic mass is 35.5. The standard InChI is InChI=1S/C14H17ClN2S/c1-17(2)10-11-4-3-5-12(8-11)16-9-13-6-7-14(15)18-13/h3-8,16H,9-10H2,1-2H3. The number of rotatable bonds is 5. The van der Waals surface area contributed by atoms with Crippen molar-refractivity contribution in [2.75, 3.05) is 19.4 Å². The third kappa shape index (κ3) is 4.02. The van der Waals surface area contributed by atoms with Crippen LogP contribution in [-0.2, 0) is 13.1 Å². The second kappa shape index (κ2) is 6.23. The van der Waals surface area contributed by atoms with Crippen molar-refractivity contribution >= 4 is 28.6 Å². The van der Waals surface area contributed by atoms with Crippen LogP contribution in [0.1, 0.15) is 10.4 Å². The number of hydrogen-bond donors (Lipinski definition) is 1. The molecule has 0 radical (unpaired) electrons. The van der Waals surface area contributed by atoms with Crippen molar-refractivity contribution in [2.45, 2.75) is 13.1 Å². The molecule has 0 fully saturated rings. The van der Waals surface area contributed by atoms with Gasteiger partial charge in [-0.15, -0.1) is 11.3 Å². The predicted molar refractivity (Wildman–Crippen MR) is 80.5 cm³/mol. The average Bonchev–Trinajstić information content (AvgIpc) is 2.72. The van der Waals surface area contributed by atoms with E-state index in [9.17, 15) is 0 Å². The van der Waals surface area contributed by atoms with Gasteiger partial charge in [0.05, 0.1) is 4.34 Å². The van der Waals surface area contributed by atoms with Crippen LogP contribution in [0.15, 0.2) is 36.4 Å². The molecule has 0 spiro atoms. The Balaban J connectivity index is 1.96. The molecule has 1 aromatic heterocycles. The van der Waals surface area contributed by atoms with Gasteiger partial charge < -0.3 is 10.2 Å². The highest BCUT2D eigenvalue weighted by Crippen LogP contribution is 2.22. The van der Waals surface area contributed by atoms with Crippen molar-refractivity contribution in [3.05, 3.63) is 51.2 Å². The van der Waals surface area contributed by atoms with E-state index in [1.165, 1.54) is 10.4 Å². The zero-order valence-corrected chi connectivity index (χ0v) is 12.2. The number of benzene rings is 1. The van der Waals surface area contributed by atoms with E-state index in [-0.39, 0.29) is 0 Å². The van der Waals surface area contributed by atoms with Crippen LogP contribution in [0.3, 0.4) is 0 Å². The summed E-state index contributed by atoms with van der Waals surface area (Å²) < 4.78 is 0.841. The Labute approximate surface area is 117 Å². The number of thiophene rings is 1.